The SMILES string of the molecule is CCC(C)SCCCCCCCCCCCC(=O)Nc1cccc(C)c1OCCCC(=O)O. The van der Waals surface area contributed by atoms with Gasteiger partial charge < -0.3 is 15.2 Å². The van der Waals surface area contributed by atoms with Crippen molar-refractivity contribution in [2.45, 2.75) is 109 Å². The summed E-state index contributed by atoms with van der Waals surface area (Å²) in [4.78, 5) is 23.0. The Hall–Kier alpha value is -1.69. The number of ether oxygens (including phenoxy) is 1. The zero-order chi connectivity index (χ0) is 24.3. The Morgan fingerprint density at radius 1 is 0.970 bits per heavy atom. The largest absolute Gasteiger partial charge is 0.491 e. The summed E-state index contributed by atoms with van der Waals surface area (Å²) in [7, 11) is 0. The lowest BCUT2D eigenvalue weighted by Crippen LogP contribution is -2.13. The Morgan fingerprint density at radius 2 is 1.61 bits per heavy atom. The van der Waals surface area contributed by atoms with Gasteiger partial charge in [-0.25, -0.2) is 0 Å². The van der Waals surface area contributed by atoms with E-state index in [1.807, 2.05) is 25.1 Å². The maximum Gasteiger partial charge on any atom is 0.303 e. The number of rotatable bonds is 20. The molecule has 1 rings (SSSR count). The fraction of sp³-hybridized carbons (Fsp3) is 0.704. The van der Waals surface area contributed by atoms with Crippen molar-refractivity contribution in [1.82, 2.24) is 0 Å². The predicted octanol–water partition coefficient (Wildman–Crippen LogP) is 7.61. The molecule has 0 saturated carbocycles. The van der Waals surface area contributed by atoms with Gasteiger partial charge in [0, 0.05) is 18.1 Å². The van der Waals surface area contributed by atoms with Gasteiger partial charge in [0.1, 0.15) is 5.75 Å². The van der Waals surface area contributed by atoms with E-state index in [1.165, 1.54) is 57.1 Å². The van der Waals surface area contributed by atoms with E-state index in [4.69, 9.17) is 9.84 Å². The number of aryl methyl sites for hydroxylation is 1. The number of nitrogens with one attached hydrogen (secondary N) is 1. The molecule has 1 amide bonds. The molecule has 0 aromatic heterocycles. The molecule has 0 radical (unpaired) electrons. The first kappa shape index (κ1) is 29.3. The second kappa shape index (κ2) is 18.7. The number of hydrogen-bond acceptors (Lipinski definition) is 4. The summed E-state index contributed by atoms with van der Waals surface area (Å²) in [5.74, 6) is 1.11. The number of thioether (sulfide) groups is 1. The Morgan fingerprint density at radius 3 is 2.24 bits per heavy atom. The van der Waals surface area contributed by atoms with Crippen molar-refractivity contribution in [3.63, 3.8) is 0 Å². The average molecular weight is 480 g/mol. The summed E-state index contributed by atoms with van der Waals surface area (Å²) >= 11 is 2.10. The molecular formula is C27H45NO4S. The van der Waals surface area contributed by atoms with Crippen molar-refractivity contribution in [2.75, 3.05) is 17.7 Å². The number of anilines is 1. The third-order valence-electron chi connectivity index (χ3n) is 5.79. The fourth-order valence-corrected chi connectivity index (χ4v) is 4.59. The van der Waals surface area contributed by atoms with Crippen LogP contribution in [0.4, 0.5) is 5.69 Å². The highest BCUT2D eigenvalue weighted by Crippen LogP contribution is 2.29. The molecule has 6 heteroatoms. The molecule has 1 aromatic carbocycles. The van der Waals surface area contributed by atoms with Crippen molar-refractivity contribution in [1.29, 1.82) is 0 Å². The molecule has 0 fully saturated rings. The van der Waals surface area contributed by atoms with Gasteiger partial charge in [-0.15, -0.1) is 0 Å². The van der Waals surface area contributed by atoms with Crippen molar-refractivity contribution in [3.8, 4) is 5.75 Å². The number of carbonyl (C=O) groups excluding carboxylic acids is 1. The number of hydrogen-bond donors (Lipinski definition) is 2. The van der Waals surface area contributed by atoms with Crippen molar-refractivity contribution < 1.29 is 19.4 Å². The quantitative estimate of drug-likeness (QED) is 0.188. The van der Waals surface area contributed by atoms with E-state index in [1.54, 1.807) is 0 Å². The van der Waals surface area contributed by atoms with Gasteiger partial charge in [-0.05, 0) is 50.0 Å². The van der Waals surface area contributed by atoms with Gasteiger partial charge in [-0.2, -0.15) is 11.8 Å². The minimum Gasteiger partial charge on any atom is -0.491 e. The highest BCUT2D eigenvalue weighted by Gasteiger charge is 2.11. The van der Waals surface area contributed by atoms with Crippen LogP contribution >= 0.6 is 11.8 Å². The lowest BCUT2D eigenvalue weighted by molar-refractivity contribution is -0.137. The Bertz CT molecular complexity index is 680. The lowest BCUT2D eigenvalue weighted by Gasteiger charge is -2.14. The Labute approximate surface area is 205 Å². The third-order valence-corrected chi connectivity index (χ3v) is 7.22. The number of unbranched alkanes of at least 4 members (excludes halogenated alkanes) is 8. The van der Waals surface area contributed by atoms with E-state index in [9.17, 15) is 9.59 Å². The molecule has 0 heterocycles. The van der Waals surface area contributed by atoms with Crippen LogP contribution in [0.25, 0.3) is 0 Å². The van der Waals surface area contributed by atoms with Crippen LogP contribution in [0.2, 0.25) is 0 Å². The summed E-state index contributed by atoms with van der Waals surface area (Å²) in [6, 6.07) is 5.65. The molecule has 188 valence electrons. The lowest BCUT2D eigenvalue weighted by atomic mass is 10.1. The molecule has 0 saturated heterocycles. The third kappa shape index (κ3) is 14.9. The number of carbonyl (C=O) groups is 2. The average Bonchev–Trinajstić information content (AvgIpc) is 2.78. The van der Waals surface area contributed by atoms with Crippen LogP contribution in [0.15, 0.2) is 18.2 Å². The zero-order valence-electron chi connectivity index (χ0n) is 21.0. The molecule has 0 aliphatic carbocycles. The van der Waals surface area contributed by atoms with Crippen LogP contribution < -0.4 is 10.1 Å². The van der Waals surface area contributed by atoms with Gasteiger partial charge >= 0.3 is 5.97 Å². The van der Waals surface area contributed by atoms with Gasteiger partial charge in [0.05, 0.1) is 12.3 Å². The summed E-state index contributed by atoms with van der Waals surface area (Å²) < 4.78 is 5.77. The summed E-state index contributed by atoms with van der Waals surface area (Å²) in [6.45, 7) is 6.82. The van der Waals surface area contributed by atoms with E-state index in [2.05, 4.69) is 30.9 Å². The van der Waals surface area contributed by atoms with Gasteiger partial charge in [0.15, 0.2) is 0 Å². The highest BCUT2D eigenvalue weighted by molar-refractivity contribution is 7.99. The molecule has 1 atom stereocenters. The standard InChI is InChI=1S/C27H45NO4S/c1-4-23(3)33-21-13-11-9-7-5-6-8-10-12-18-25(29)28-24-17-14-16-22(2)27(24)32-20-15-19-26(30)31/h14,16-17,23H,4-13,15,18-21H2,1-3H3,(H,28,29)(H,30,31). The van der Waals surface area contributed by atoms with Gasteiger partial charge in [-0.3, -0.25) is 9.59 Å². The molecule has 1 aromatic rings. The zero-order valence-corrected chi connectivity index (χ0v) is 21.8. The minimum atomic E-state index is -0.830. The first-order chi connectivity index (χ1) is 15.9. The summed E-state index contributed by atoms with van der Waals surface area (Å²) in [5, 5.41) is 12.5. The topological polar surface area (TPSA) is 75.6 Å². The molecule has 0 aliphatic rings. The Kier molecular flexibility index (Phi) is 16.6. The van der Waals surface area contributed by atoms with Crippen molar-refractivity contribution >= 4 is 29.3 Å². The van der Waals surface area contributed by atoms with Gasteiger partial charge in [0.2, 0.25) is 5.91 Å². The number of benzene rings is 1. The van der Waals surface area contributed by atoms with Gasteiger partial charge in [0.25, 0.3) is 0 Å². The van der Waals surface area contributed by atoms with Gasteiger partial charge in [-0.1, -0.05) is 70.9 Å². The molecule has 0 spiro atoms. The maximum atomic E-state index is 12.4. The van der Waals surface area contributed by atoms with Crippen molar-refractivity contribution in [2.24, 2.45) is 0 Å². The number of amides is 1. The smallest absolute Gasteiger partial charge is 0.303 e. The van der Waals surface area contributed by atoms with Crippen LogP contribution in [0.3, 0.4) is 0 Å². The first-order valence-electron chi connectivity index (χ1n) is 12.8. The second-order valence-corrected chi connectivity index (χ2v) is 10.4. The number of carboxylic acid groups (broad SMARTS) is 1. The normalized spacial score (nSPS) is 11.8. The van der Waals surface area contributed by atoms with Crippen LogP contribution in [-0.4, -0.2) is 34.6 Å². The summed E-state index contributed by atoms with van der Waals surface area (Å²) in [6.07, 6.45) is 13.4. The van der Waals surface area contributed by atoms with Crippen LogP contribution in [0.1, 0.15) is 103 Å². The molecule has 33 heavy (non-hydrogen) atoms. The first-order valence-corrected chi connectivity index (χ1v) is 13.8. The molecule has 2 N–H and O–H groups in total. The number of carboxylic acids is 1. The van der Waals surface area contributed by atoms with Crippen LogP contribution in [-0.2, 0) is 9.59 Å². The summed E-state index contributed by atoms with van der Waals surface area (Å²) in [5.41, 5.74) is 1.59. The van der Waals surface area contributed by atoms with E-state index in [-0.39, 0.29) is 12.3 Å². The molecule has 5 nitrogen and oxygen atoms in total. The monoisotopic (exact) mass is 479 g/mol. The van der Waals surface area contributed by atoms with Crippen molar-refractivity contribution in [3.05, 3.63) is 23.8 Å². The fourth-order valence-electron chi connectivity index (χ4n) is 3.58. The molecule has 1 unspecified atom stereocenters. The van der Waals surface area contributed by atoms with E-state index in [0.717, 1.165) is 23.7 Å². The minimum absolute atomic E-state index is 0.00578. The molecule has 0 bridgehead atoms. The molecule has 0 aliphatic heterocycles. The van der Waals surface area contributed by atoms with E-state index < -0.39 is 5.97 Å². The van der Waals surface area contributed by atoms with E-state index >= 15 is 0 Å². The van der Waals surface area contributed by atoms with Crippen LogP contribution in [0.5, 0.6) is 5.75 Å². The van der Waals surface area contributed by atoms with Crippen LogP contribution in [0, 0.1) is 6.92 Å². The Balaban J connectivity index is 2.12. The molecular weight excluding hydrogens is 434 g/mol. The highest BCUT2D eigenvalue weighted by atomic mass is 32.2. The predicted molar refractivity (Wildman–Crippen MR) is 141 cm³/mol. The number of para-hydroxylation sites is 1. The maximum absolute atomic E-state index is 12.4. The second-order valence-electron chi connectivity index (χ2n) is 8.87. The van der Waals surface area contributed by atoms with E-state index in [0.29, 0.717) is 30.9 Å². The number of aliphatic carboxylic acids is 1.